The number of hydrogen-bond donors (Lipinski definition) is 1. The molecule has 2 aromatic rings. The topological polar surface area (TPSA) is 43.8 Å². The Hall–Kier alpha value is -1.00. The van der Waals surface area contributed by atoms with E-state index in [-0.39, 0.29) is 0 Å². The highest BCUT2D eigenvalue weighted by Gasteiger charge is 2.14. The minimum absolute atomic E-state index is 0.294. The molecular weight excluding hydrogens is 302 g/mol. The fourth-order valence-electron chi connectivity index (χ4n) is 1.67. The van der Waals surface area contributed by atoms with Crippen molar-refractivity contribution in [1.82, 2.24) is 9.55 Å². The van der Waals surface area contributed by atoms with E-state index >= 15 is 0 Å². The van der Waals surface area contributed by atoms with Crippen LogP contribution in [0.5, 0.6) is 0 Å². The van der Waals surface area contributed by atoms with Crippen LogP contribution in [0.1, 0.15) is 19.9 Å². The highest BCUT2D eigenvalue weighted by atomic mass is 79.9. The van der Waals surface area contributed by atoms with Crippen molar-refractivity contribution in [3.63, 3.8) is 0 Å². The molecule has 0 aliphatic rings. The molecule has 0 fully saturated rings. The van der Waals surface area contributed by atoms with E-state index in [1.807, 2.05) is 22.8 Å². The third-order valence-electron chi connectivity index (χ3n) is 2.57. The monoisotopic (exact) mass is 313 g/mol. The molecule has 17 heavy (non-hydrogen) atoms. The number of halogens is 2. The second kappa shape index (κ2) is 4.70. The molecule has 1 aromatic carbocycles. The largest absolute Gasteiger partial charge is 0.383 e. The molecule has 2 rings (SSSR count). The van der Waals surface area contributed by atoms with Crippen molar-refractivity contribution in [2.45, 2.75) is 19.9 Å². The Bertz CT molecular complexity index is 549. The Labute approximate surface area is 114 Å². The zero-order chi connectivity index (χ0) is 12.6. The van der Waals surface area contributed by atoms with Crippen molar-refractivity contribution in [2.75, 3.05) is 5.73 Å². The van der Waals surface area contributed by atoms with E-state index in [4.69, 9.17) is 17.3 Å². The molecule has 90 valence electrons. The van der Waals surface area contributed by atoms with Crippen LogP contribution in [0.15, 0.2) is 29.0 Å². The number of nitrogens with zero attached hydrogens (tertiary/aromatic N) is 2. The molecule has 0 aliphatic heterocycles. The molecule has 1 aromatic heterocycles. The Kier molecular flexibility index (Phi) is 3.45. The predicted molar refractivity (Wildman–Crippen MR) is 75.2 cm³/mol. The van der Waals surface area contributed by atoms with Crippen molar-refractivity contribution in [3.8, 4) is 11.3 Å². The molecule has 0 amide bonds. The molecule has 0 spiro atoms. The molecule has 0 saturated heterocycles. The third kappa shape index (κ3) is 2.33. The van der Waals surface area contributed by atoms with Gasteiger partial charge in [-0.25, -0.2) is 4.98 Å². The Morgan fingerprint density at radius 3 is 2.65 bits per heavy atom. The second-order valence-electron chi connectivity index (χ2n) is 4.10. The van der Waals surface area contributed by atoms with Crippen LogP contribution in [0.3, 0.4) is 0 Å². The highest BCUT2D eigenvalue weighted by molar-refractivity contribution is 9.10. The van der Waals surface area contributed by atoms with E-state index in [0.717, 1.165) is 15.7 Å². The van der Waals surface area contributed by atoms with E-state index < -0.39 is 0 Å². The van der Waals surface area contributed by atoms with Crippen LogP contribution in [0, 0.1) is 0 Å². The SMILES string of the molecule is CC(C)n1cnc(-c2ccc(Cl)cc2Br)c1N. The van der Waals surface area contributed by atoms with Crippen LogP contribution in [0.4, 0.5) is 5.82 Å². The quantitative estimate of drug-likeness (QED) is 0.905. The molecule has 1 heterocycles. The van der Waals surface area contributed by atoms with Crippen molar-refractivity contribution in [1.29, 1.82) is 0 Å². The minimum Gasteiger partial charge on any atom is -0.383 e. The van der Waals surface area contributed by atoms with Crippen molar-refractivity contribution < 1.29 is 0 Å². The lowest BCUT2D eigenvalue weighted by Gasteiger charge is -2.09. The summed E-state index contributed by atoms with van der Waals surface area (Å²) in [6.45, 7) is 4.14. The maximum Gasteiger partial charge on any atom is 0.131 e. The first-order valence-electron chi connectivity index (χ1n) is 5.28. The predicted octanol–water partition coefficient (Wildman–Crippen LogP) is 4.13. The van der Waals surface area contributed by atoms with Gasteiger partial charge in [0.2, 0.25) is 0 Å². The van der Waals surface area contributed by atoms with Gasteiger partial charge in [0.15, 0.2) is 0 Å². The Morgan fingerprint density at radius 1 is 1.41 bits per heavy atom. The van der Waals surface area contributed by atoms with Crippen LogP contribution in [0.2, 0.25) is 5.02 Å². The molecule has 0 saturated carbocycles. The van der Waals surface area contributed by atoms with E-state index in [1.54, 1.807) is 6.33 Å². The van der Waals surface area contributed by atoms with Gasteiger partial charge in [0.05, 0.1) is 6.33 Å². The summed E-state index contributed by atoms with van der Waals surface area (Å²) in [6, 6.07) is 5.87. The van der Waals surface area contributed by atoms with Crippen LogP contribution >= 0.6 is 27.5 Å². The summed E-state index contributed by atoms with van der Waals surface area (Å²) in [5.41, 5.74) is 7.82. The van der Waals surface area contributed by atoms with Crippen LogP contribution in [0.25, 0.3) is 11.3 Å². The number of anilines is 1. The van der Waals surface area contributed by atoms with Gasteiger partial charge < -0.3 is 10.3 Å². The van der Waals surface area contributed by atoms with E-state index in [1.165, 1.54) is 0 Å². The molecule has 0 aliphatic carbocycles. The highest BCUT2D eigenvalue weighted by Crippen LogP contribution is 2.33. The molecule has 0 bridgehead atoms. The van der Waals surface area contributed by atoms with Crippen LogP contribution < -0.4 is 5.73 Å². The number of imidazole rings is 1. The minimum atomic E-state index is 0.294. The van der Waals surface area contributed by atoms with Gasteiger partial charge in [-0.3, -0.25) is 0 Å². The average Bonchev–Trinajstić information content (AvgIpc) is 2.60. The first-order chi connectivity index (χ1) is 8.00. The summed E-state index contributed by atoms with van der Waals surface area (Å²) in [5.74, 6) is 0.669. The smallest absolute Gasteiger partial charge is 0.131 e. The molecule has 5 heteroatoms. The number of nitrogens with two attached hydrogens (primary N) is 1. The summed E-state index contributed by atoms with van der Waals surface area (Å²) in [6.07, 6.45) is 1.76. The van der Waals surface area contributed by atoms with E-state index in [2.05, 4.69) is 34.8 Å². The van der Waals surface area contributed by atoms with E-state index in [0.29, 0.717) is 16.9 Å². The van der Waals surface area contributed by atoms with Gasteiger partial charge in [-0.2, -0.15) is 0 Å². The molecule has 0 atom stereocenters. The maximum atomic E-state index is 6.09. The van der Waals surface area contributed by atoms with Gasteiger partial charge >= 0.3 is 0 Å². The Balaban J connectivity index is 2.54. The van der Waals surface area contributed by atoms with Crippen molar-refractivity contribution in [2.24, 2.45) is 0 Å². The third-order valence-corrected chi connectivity index (χ3v) is 3.47. The van der Waals surface area contributed by atoms with E-state index in [9.17, 15) is 0 Å². The zero-order valence-electron chi connectivity index (χ0n) is 9.61. The fourth-order valence-corrected chi connectivity index (χ4v) is 2.54. The number of benzene rings is 1. The van der Waals surface area contributed by atoms with Gasteiger partial charge in [-0.05, 0) is 26.0 Å². The lowest BCUT2D eigenvalue weighted by molar-refractivity contribution is 0.607. The molecular formula is C12H13BrClN3. The van der Waals surface area contributed by atoms with Crippen LogP contribution in [-0.2, 0) is 0 Å². The lowest BCUT2D eigenvalue weighted by Crippen LogP contribution is -2.04. The van der Waals surface area contributed by atoms with Crippen molar-refractivity contribution in [3.05, 3.63) is 34.0 Å². The summed E-state index contributed by atoms with van der Waals surface area (Å²) < 4.78 is 2.84. The van der Waals surface area contributed by atoms with Gasteiger partial charge in [0.1, 0.15) is 11.5 Å². The first-order valence-corrected chi connectivity index (χ1v) is 6.45. The maximum absolute atomic E-state index is 6.09. The van der Waals surface area contributed by atoms with Gasteiger partial charge in [0, 0.05) is 21.1 Å². The summed E-state index contributed by atoms with van der Waals surface area (Å²) in [4.78, 5) is 4.36. The molecule has 3 nitrogen and oxygen atoms in total. The molecule has 2 N–H and O–H groups in total. The zero-order valence-corrected chi connectivity index (χ0v) is 12.0. The van der Waals surface area contributed by atoms with Crippen molar-refractivity contribution >= 4 is 33.3 Å². The second-order valence-corrected chi connectivity index (χ2v) is 5.39. The Morgan fingerprint density at radius 2 is 2.12 bits per heavy atom. The van der Waals surface area contributed by atoms with Gasteiger partial charge in [0.25, 0.3) is 0 Å². The summed E-state index contributed by atoms with van der Waals surface area (Å²) >= 11 is 9.39. The normalized spacial score (nSPS) is 11.1. The number of rotatable bonds is 2. The van der Waals surface area contributed by atoms with Gasteiger partial charge in [-0.15, -0.1) is 0 Å². The summed E-state index contributed by atoms with van der Waals surface area (Å²) in [7, 11) is 0. The first kappa shape index (κ1) is 12.5. The van der Waals surface area contributed by atoms with Crippen LogP contribution in [-0.4, -0.2) is 9.55 Å². The summed E-state index contributed by atoms with van der Waals surface area (Å²) in [5, 5.41) is 0.683. The molecule has 0 unspecified atom stereocenters. The number of hydrogen-bond acceptors (Lipinski definition) is 2. The fraction of sp³-hybridized carbons (Fsp3) is 0.250. The standard InChI is InChI=1S/C12H13BrClN3/c1-7(2)17-6-16-11(12(17)15)9-4-3-8(14)5-10(9)13/h3-7H,15H2,1-2H3. The number of nitrogen functional groups attached to an aromatic ring is 1. The average molecular weight is 315 g/mol. The molecule has 0 radical (unpaired) electrons. The lowest BCUT2D eigenvalue weighted by atomic mass is 10.1. The number of aromatic nitrogens is 2. The van der Waals surface area contributed by atoms with Gasteiger partial charge in [-0.1, -0.05) is 33.6 Å².